The van der Waals surface area contributed by atoms with E-state index in [4.69, 9.17) is 11.6 Å². The predicted octanol–water partition coefficient (Wildman–Crippen LogP) is 3.54. The van der Waals surface area contributed by atoms with Crippen LogP contribution in [0.2, 0.25) is 5.02 Å². The maximum absolute atomic E-state index is 12.5. The van der Waals surface area contributed by atoms with Gasteiger partial charge in [0.05, 0.1) is 10.9 Å². The van der Waals surface area contributed by atoms with Crippen molar-refractivity contribution < 1.29 is 14.7 Å². The van der Waals surface area contributed by atoms with Crippen LogP contribution in [0.25, 0.3) is 0 Å². The molecule has 0 bridgehead atoms. The zero-order valence-corrected chi connectivity index (χ0v) is 13.9. The van der Waals surface area contributed by atoms with Gasteiger partial charge in [-0.1, -0.05) is 35.9 Å². The summed E-state index contributed by atoms with van der Waals surface area (Å²) in [6.45, 7) is 0.709. The maximum atomic E-state index is 12.5. The summed E-state index contributed by atoms with van der Waals surface area (Å²) in [5.74, 6) is -1.56. The molecule has 1 N–H and O–H groups in total. The second kappa shape index (κ2) is 6.72. The minimum Gasteiger partial charge on any atom is -0.481 e. The number of aliphatic carboxylic acids is 1. The van der Waals surface area contributed by atoms with Gasteiger partial charge in [-0.05, 0) is 23.6 Å². The van der Waals surface area contributed by atoms with Gasteiger partial charge >= 0.3 is 5.97 Å². The summed E-state index contributed by atoms with van der Waals surface area (Å²) in [5.41, 5.74) is 1.73. The summed E-state index contributed by atoms with van der Waals surface area (Å²) >= 11 is 7.42. The van der Waals surface area contributed by atoms with E-state index in [1.54, 1.807) is 4.90 Å². The fraction of sp³-hybridized carbons (Fsp3) is 0.294. The van der Waals surface area contributed by atoms with Crippen LogP contribution >= 0.6 is 22.9 Å². The number of amides is 1. The lowest BCUT2D eigenvalue weighted by molar-refractivity contribution is -0.141. The highest BCUT2D eigenvalue weighted by molar-refractivity contribution is 7.10. The molecule has 4 nitrogen and oxygen atoms in total. The van der Waals surface area contributed by atoms with Gasteiger partial charge in [0.2, 0.25) is 5.91 Å². The van der Waals surface area contributed by atoms with E-state index in [0.717, 1.165) is 16.0 Å². The number of halogens is 1. The fourth-order valence-corrected chi connectivity index (χ4v) is 3.96. The topological polar surface area (TPSA) is 57.6 Å². The summed E-state index contributed by atoms with van der Waals surface area (Å²) in [5, 5.41) is 12.0. The number of hydrogen-bond donors (Lipinski definition) is 1. The zero-order chi connectivity index (χ0) is 16.4. The van der Waals surface area contributed by atoms with E-state index in [9.17, 15) is 14.7 Å². The van der Waals surface area contributed by atoms with Crippen molar-refractivity contribution in [2.45, 2.75) is 25.3 Å². The molecule has 120 valence electrons. The predicted molar refractivity (Wildman–Crippen MR) is 89.9 cm³/mol. The first-order chi connectivity index (χ1) is 11.0. The maximum Gasteiger partial charge on any atom is 0.312 e. The van der Waals surface area contributed by atoms with E-state index in [-0.39, 0.29) is 12.5 Å². The lowest BCUT2D eigenvalue weighted by atomic mass is 9.89. The van der Waals surface area contributed by atoms with Gasteiger partial charge < -0.3 is 10.0 Å². The number of aryl methyl sites for hydroxylation is 1. The number of nitrogens with zero attached hydrogens (tertiary/aromatic N) is 1. The molecule has 0 spiro atoms. The molecule has 0 saturated heterocycles. The van der Waals surface area contributed by atoms with Crippen molar-refractivity contribution in [3.8, 4) is 0 Å². The SMILES string of the molecule is O=C(O)C1CN(C(=O)CCc2cc(Cl)cs2)Cc2ccccc21. The highest BCUT2D eigenvalue weighted by atomic mass is 35.5. The first kappa shape index (κ1) is 16.0. The quantitative estimate of drug-likeness (QED) is 0.918. The van der Waals surface area contributed by atoms with E-state index in [0.29, 0.717) is 24.4 Å². The minimum atomic E-state index is -0.889. The van der Waals surface area contributed by atoms with Crippen LogP contribution in [-0.4, -0.2) is 28.4 Å². The Bertz CT molecular complexity index is 743. The molecule has 1 aliphatic heterocycles. The molecule has 0 saturated carbocycles. The molecule has 23 heavy (non-hydrogen) atoms. The molecule has 6 heteroatoms. The Morgan fingerprint density at radius 3 is 2.83 bits per heavy atom. The number of fused-ring (bicyclic) bond motifs is 1. The van der Waals surface area contributed by atoms with E-state index < -0.39 is 11.9 Å². The summed E-state index contributed by atoms with van der Waals surface area (Å²) < 4.78 is 0. The van der Waals surface area contributed by atoms with E-state index in [1.807, 2.05) is 35.7 Å². The van der Waals surface area contributed by atoms with Gasteiger partial charge in [-0.2, -0.15) is 0 Å². The van der Waals surface area contributed by atoms with Crippen molar-refractivity contribution in [2.75, 3.05) is 6.54 Å². The minimum absolute atomic E-state index is 0.0183. The Morgan fingerprint density at radius 1 is 1.35 bits per heavy atom. The molecule has 1 aromatic heterocycles. The number of benzene rings is 1. The number of carbonyl (C=O) groups excluding carboxylic acids is 1. The Morgan fingerprint density at radius 2 is 2.13 bits per heavy atom. The monoisotopic (exact) mass is 349 g/mol. The van der Waals surface area contributed by atoms with Crippen LogP contribution in [-0.2, 0) is 22.6 Å². The highest BCUT2D eigenvalue weighted by Crippen LogP contribution is 2.29. The number of hydrogen-bond acceptors (Lipinski definition) is 3. The molecule has 1 atom stereocenters. The Labute approximate surface area is 143 Å². The smallest absolute Gasteiger partial charge is 0.312 e. The molecule has 1 aliphatic rings. The third-order valence-corrected chi connectivity index (χ3v) is 5.40. The van der Waals surface area contributed by atoms with Crippen molar-refractivity contribution in [2.24, 2.45) is 0 Å². The second-order valence-electron chi connectivity index (χ2n) is 5.60. The Hall–Kier alpha value is -1.85. The van der Waals surface area contributed by atoms with Crippen molar-refractivity contribution >= 4 is 34.8 Å². The number of rotatable bonds is 4. The second-order valence-corrected chi connectivity index (χ2v) is 7.03. The van der Waals surface area contributed by atoms with E-state index in [1.165, 1.54) is 11.3 Å². The molecule has 1 unspecified atom stereocenters. The molecule has 1 aromatic carbocycles. The van der Waals surface area contributed by atoms with Gasteiger partial charge in [0.1, 0.15) is 0 Å². The van der Waals surface area contributed by atoms with Gasteiger partial charge in [-0.25, -0.2) is 0 Å². The molecule has 2 heterocycles. The zero-order valence-electron chi connectivity index (χ0n) is 12.4. The van der Waals surface area contributed by atoms with Gasteiger partial charge in [-0.3, -0.25) is 9.59 Å². The van der Waals surface area contributed by atoms with Crippen LogP contribution in [0.15, 0.2) is 35.7 Å². The standard InChI is InChI=1S/C17H16ClNO3S/c18-12-7-13(23-10-12)5-6-16(20)19-8-11-3-1-2-4-14(11)15(9-19)17(21)22/h1-4,7,10,15H,5-6,8-9H2,(H,21,22). The molecule has 0 radical (unpaired) electrons. The fourth-order valence-electron chi connectivity index (χ4n) is 2.88. The van der Waals surface area contributed by atoms with Crippen LogP contribution in [0.1, 0.15) is 28.3 Å². The third-order valence-electron chi connectivity index (χ3n) is 4.05. The molecule has 0 fully saturated rings. The number of thiophene rings is 1. The van der Waals surface area contributed by atoms with Gasteiger partial charge in [0.15, 0.2) is 0 Å². The van der Waals surface area contributed by atoms with Gasteiger partial charge in [-0.15, -0.1) is 11.3 Å². The third kappa shape index (κ3) is 3.57. The molecular weight excluding hydrogens is 334 g/mol. The normalized spacial score (nSPS) is 16.9. The Balaban J connectivity index is 1.71. The molecule has 2 aromatic rings. The van der Waals surface area contributed by atoms with Crippen LogP contribution in [0.4, 0.5) is 0 Å². The average Bonchev–Trinajstić information content (AvgIpc) is 2.96. The molecule has 0 aliphatic carbocycles. The van der Waals surface area contributed by atoms with Crippen molar-refractivity contribution in [1.29, 1.82) is 0 Å². The first-order valence-electron chi connectivity index (χ1n) is 7.36. The van der Waals surface area contributed by atoms with Crippen molar-refractivity contribution in [1.82, 2.24) is 4.90 Å². The van der Waals surface area contributed by atoms with E-state index >= 15 is 0 Å². The van der Waals surface area contributed by atoms with Crippen molar-refractivity contribution in [3.63, 3.8) is 0 Å². The average molecular weight is 350 g/mol. The van der Waals surface area contributed by atoms with Crippen LogP contribution in [0.3, 0.4) is 0 Å². The summed E-state index contributed by atoms with van der Waals surface area (Å²) in [6, 6.07) is 9.31. The highest BCUT2D eigenvalue weighted by Gasteiger charge is 2.32. The van der Waals surface area contributed by atoms with Gasteiger partial charge in [0.25, 0.3) is 0 Å². The summed E-state index contributed by atoms with van der Waals surface area (Å²) in [6.07, 6.45) is 0.997. The molecular formula is C17H16ClNO3S. The lowest BCUT2D eigenvalue weighted by Crippen LogP contribution is -2.40. The van der Waals surface area contributed by atoms with Crippen molar-refractivity contribution in [3.05, 3.63) is 56.7 Å². The number of carboxylic acid groups (broad SMARTS) is 1. The number of carbonyl (C=O) groups is 2. The van der Waals surface area contributed by atoms with Crippen LogP contribution in [0.5, 0.6) is 0 Å². The largest absolute Gasteiger partial charge is 0.481 e. The van der Waals surface area contributed by atoms with E-state index in [2.05, 4.69) is 0 Å². The van der Waals surface area contributed by atoms with Gasteiger partial charge in [0, 0.05) is 29.8 Å². The Kier molecular flexibility index (Phi) is 4.68. The first-order valence-corrected chi connectivity index (χ1v) is 8.61. The van der Waals surface area contributed by atoms with Crippen LogP contribution in [0, 0.1) is 0 Å². The summed E-state index contributed by atoms with van der Waals surface area (Å²) in [4.78, 5) is 26.7. The lowest BCUT2D eigenvalue weighted by Gasteiger charge is -2.32. The molecule has 3 rings (SSSR count). The summed E-state index contributed by atoms with van der Waals surface area (Å²) in [7, 11) is 0. The van der Waals surface area contributed by atoms with Crippen LogP contribution < -0.4 is 0 Å². The number of carboxylic acids is 1. The molecule has 1 amide bonds.